The van der Waals surface area contributed by atoms with Crippen LogP contribution in [0.15, 0.2) is 12.4 Å². The van der Waals surface area contributed by atoms with E-state index in [0.717, 1.165) is 24.5 Å². The predicted octanol–water partition coefficient (Wildman–Crippen LogP) is 2.29. The molecular weight excluding hydrogens is 290 g/mol. The van der Waals surface area contributed by atoms with E-state index in [9.17, 15) is 4.79 Å². The van der Waals surface area contributed by atoms with Crippen LogP contribution in [0.5, 0.6) is 0 Å². The molecule has 1 saturated heterocycles. The van der Waals surface area contributed by atoms with Crippen molar-refractivity contribution in [1.29, 1.82) is 0 Å². The molecule has 0 unspecified atom stereocenters. The van der Waals surface area contributed by atoms with Crippen LogP contribution in [0.4, 0.5) is 0 Å². The van der Waals surface area contributed by atoms with Crippen LogP contribution >= 0.6 is 0 Å². The first-order valence-electron chi connectivity index (χ1n) is 9.12. The summed E-state index contributed by atoms with van der Waals surface area (Å²) < 4.78 is 7.81. The maximum absolute atomic E-state index is 12.4. The molecule has 4 rings (SSSR count). The normalized spacial score (nSPS) is 33.4. The van der Waals surface area contributed by atoms with Crippen LogP contribution in [0.1, 0.15) is 44.1 Å². The smallest absolute Gasteiger partial charge is 0.222 e. The third kappa shape index (κ3) is 2.91. The van der Waals surface area contributed by atoms with Gasteiger partial charge in [-0.05, 0) is 24.8 Å². The first kappa shape index (κ1) is 15.2. The molecule has 0 radical (unpaired) electrons. The Bertz CT molecular complexity index is 560. The zero-order chi connectivity index (χ0) is 15.8. The second-order valence-electron chi connectivity index (χ2n) is 7.53. The third-order valence-corrected chi connectivity index (χ3v) is 6.04. The molecule has 23 heavy (non-hydrogen) atoms. The van der Waals surface area contributed by atoms with E-state index in [4.69, 9.17) is 4.74 Å². The largest absolute Gasteiger partial charge is 0.377 e. The van der Waals surface area contributed by atoms with Gasteiger partial charge in [-0.3, -0.25) is 9.48 Å². The highest BCUT2D eigenvalue weighted by Crippen LogP contribution is 2.51. The van der Waals surface area contributed by atoms with Gasteiger partial charge in [-0.25, -0.2) is 0 Å². The zero-order valence-electron chi connectivity index (χ0n) is 13.9. The van der Waals surface area contributed by atoms with E-state index in [1.807, 2.05) is 24.0 Å². The SMILES string of the molecule is Cc1cnn(CCC(=O)N[C@H]2[C@H]3CCO[C@H]3[C@H]2C2CCCC2)c1. The monoisotopic (exact) mass is 317 g/mol. The Balaban J connectivity index is 1.33. The molecule has 3 fully saturated rings. The Labute approximate surface area is 137 Å². The average molecular weight is 317 g/mol. The van der Waals surface area contributed by atoms with E-state index in [0.29, 0.717) is 36.9 Å². The van der Waals surface area contributed by atoms with Crippen molar-refractivity contribution in [3.05, 3.63) is 18.0 Å². The number of carbonyl (C=O) groups excluding carboxylic acids is 1. The summed E-state index contributed by atoms with van der Waals surface area (Å²) >= 11 is 0. The molecule has 2 heterocycles. The molecule has 0 bridgehead atoms. The molecule has 1 N–H and O–H groups in total. The van der Waals surface area contributed by atoms with Gasteiger partial charge in [0, 0.05) is 43.6 Å². The fourth-order valence-electron chi connectivity index (χ4n) is 4.92. The van der Waals surface area contributed by atoms with E-state index < -0.39 is 0 Å². The summed E-state index contributed by atoms with van der Waals surface area (Å²) in [6.07, 6.45) is 11.2. The van der Waals surface area contributed by atoms with Gasteiger partial charge in [0.15, 0.2) is 0 Å². The van der Waals surface area contributed by atoms with Crippen molar-refractivity contribution in [3.8, 4) is 0 Å². The van der Waals surface area contributed by atoms with Crippen LogP contribution < -0.4 is 5.32 Å². The van der Waals surface area contributed by atoms with Crippen LogP contribution in [0.2, 0.25) is 0 Å². The number of carbonyl (C=O) groups is 1. The predicted molar refractivity (Wildman–Crippen MR) is 86.8 cm³/mol. The van der Waals surface area contributed by atoms with Gasteiger partial charge in [0.2, 0.25) is 5.91 Å². The molecule has 1 amide bonds. The van der Waals surface area contributed by atoms with Crippen molar-refractivity contribution < 1.29 is 9.53 Å². The lowest BCUT2D eigenvalue weighted by molar-refractivity contribution is -0.130. The number of aryl methyl sites for hydroxylation is 2. The van der Waals surface area contributed by atoms with E-state index in [2.05, 4.69) is 10.4 Å². The van der Waals surface area contributed by atoms with Crippen LogP contribution in [-0.4, -0.2) is 34.4 Å². The lowest BCUT2D eigenvalue weighted by Crippen LogP contribution is -2.63. The summed E-state index contributed by atoms with van der Waals surface area (Å²) in [5.41, 5.74) is 1.14. The molecule has 1 aliphatic heterocycles. The summed E-state index contributed by atoms with van der Waals surface area (Å²) in [4.78, 5) is 12.4. The molecular formula is C18H27N3O2. The second kappa shape index (κ2) is 6.27. The lowest BCUT2D eigenvalue weighted by atomic mass is 9.61. The molecule has 126 valence electrons. The molecule has 4 atom stereocenters. The Morgan fingerprint density at radius 2 is 2.22 bits per heavy atom. The number of amides is 1. The lowest BCUT2D eigenvalue weighted by Gasteiger charge is -2.50. The highest BCUT2D eigenvalue weighted by atomic mass is 16.5. The van der Waals surface area contributed by atoms with E-state index >= 15 is 0 Å². The molecule has 3 aliphatic rings. The fourth-order valence-corrected chi connectivity index (χ4v) is 4.92. The van der Waals surface area contributed by atoms with Crippen LogP contribution in [0.3, 0.4) is 0 Å². The summed E-state index contributed by atoms with van der Waals surface area (Å²) in [6, 6.07) is 0.345. The van der Waals surface area contributed by atoms with Gasteiger partial charge in [0.1, 0.15) is 0 Å². The summed E-state index contributed by atoms with van der Waals surface area (Å²) in [5, 5.41) is 7.58. The topological polar surface area (TPSA) is 56.2 Å². The van der Waals surface area contributed by atoms with Crippen molar-refractivity contribution >= 4 is 5.91 Å². The summed E-state index contributed by atoms with van der Waals surface area (Å²) in [7, 11) is 0. The number of aromatic nitrogens is 2. The number of ether oxygens (including phenoxy) is 1. The second-order valence-corrected chi connectivity index (χ2v) is 7.53. The number of hydrogen-bond acceptors (Lipinski definition) is 3. The van der Waals surface area contributed by atoms with Gasteiger partial charge >= 0.3 is 0 Å². The maximum atomic E-state index is 12.4. The van der Waals surface area contributed by atoms with Crippen molar-refractivity contribution in [2.24, 2.45) is 17.8 Å². The van der Waals surface area contributed by atoms with E-state index in [1.54, 1.807) is 0 Å². The number of nitrogens with zero attached hydrogens (tertiary/aromatic N) is 2. The molecule has 0 spiro atoms. The molecule has 2 aliphatic carbocycles. The minimum atomic E-state index is 0.163. The third-order valence-electron chi connectivity index (χ3n) is 6.04. The average Bonchev–Trinajstić information content (AvgIpc) is 3.25. The number of fused-ring (bicyclic) bond motifs is 1. The molecule has 0 aromatic carbocycles. The number of hydrogen-bond donors (Lipinski definition) is 1. The van der Waals surface area contributed by atoms with Crippen molar-refractivity contribution in [1.82, 2.24) is 15.1 Å². The van der Waals surface area contributed by atoms with Gasteiger partial charge < -0.3 is 10.1 Å². The Morgan fingerprint density at radius 3 is 2.96 bits per heavy atom. The Kier molecular flexibility index (Phi) is 4.14. The minimum Gasteiger partial charge on any atom is -0.377 e. The molecule has 5 heteroatoms. The summed E-state index contributed by atoms with van der Waals surface area (Å²) in [6.45, 7) is 3.55. The van der Waals surface area contributed by atoms with Gasteiger partial charge in [0.25, 0.3) is 0 Å². The van der Waals surface area contributed by atoms with Crippen molar-refractivity contribution in [2.75, 3.05) is 6.61 Å². The highest BCUT2D eigenvalue weighted by Gasteiger charge is 2.56. The zero-order valence-corrected chi connectivity index (χ0v) is 13.9. The first-order valence-corrected chi connectivity index (χ1v) is 9.12. The van der Waals surface area contributed by atoms with Gasteiger partial charge in [-0.1, -0.05) is 25.7 Å². The van der Waals surface area contributed by atoms with Gasteiger partial charge in [-0.2, -0.15) is 5.10 Å². The fraction of sp³-hybridized carbons (Fsp3) is 0.778. The minimum absolute atomic E-state index is 0.163. The Morgan fingerprint density at radius 1 is 1.39 bits per heavy atom. The maximum Gasteiger partial charge on any atom is 0.222 e. The van der Waals surface area contributed by atoms with Gasteiger partial charge in [-0.15, -0.1) is 0 Å². The standard InChI is InChI=1S/C18H27N3O2/c1-12-10-19-21(11-12)8-6-15(22)20-17-14-7-9-23-18(14)16(17)13-4-2-3-5-13/h10-11,13-14,16-18H,2-9H2,1H3,(H,20,22)/t14-,16+,17+,18-/m1/s1. The molecule has 1 aromatic rings. The van der Waals surface area contributed by atoms with Crippen molar-refractivity contribution in [2.45, 2.75) is 64.1 Å². The molecule has 2 saturated carbocycles. The van der Waals surface area contributed by atoms with Crippen LogP contribution in [0.25, 0.3) is 0 Å². The molecule has 1 aromatic heterocycles. The first-order chi connectivity index (χ1) is 11.2. The van der Waals surface area contributed by atoms with E-state index in [-0.39, 0.29) is 5.91 Å². The van der Waals surface area contributed by atoms with Gasteiger partial charge in [0.05, 0.1) is 12.3 Å². The number of rotatable bonds is 5. The van der Waals surface area contributed by atoms with Crippen LogP contribution in [-0.2, 0) is 16.1 Å². The number of nitrogens with one attached hydrogen (secondary N) is 1. The highest BCUT2D eigenvalue weighted by molar-refractivity contribution is 5.76. The summed E-state index contributed by atoms with van der Waals surface area (Å²) in [5.74, 6) is 2.03. The van der Waals surface area contributed by atoms with E-state index in [1.165, 1.54) is 25.7 Å². The Hall–Kier alpha value is -1.36. The van der Waals surface area contributed by atoms with Crippen LogP contribution in [0, 0.1) is 24.7 Å². The molecule has 5 nitrogen and oxygen atoms in total. The quantitative estimate of drug-likeness (QED) is 0.906. The van der Waals surface area contributed by atoms with Crippen molar-refractivity contribution in [3.63, 3.8) is 0 Å².